The van der Waals surface area contributed by atoms with Crippen LogP contribution >= 0.6 is 0 Å². The van der Waals surface area contributed by atoms with Gasteiger partial charge in [0.2, 0.25) is 0 Å². The van der Waals surface area contributed by atoms with E-state index in [1.54, 1.807) is 24.3 Å². The lowest BCUT2D eigenvalue weighted by atomic mass is 10.1. The molecule has 0 aliphatic rings. The van der Waals surface area contributed by atoms with Crippen LogP contribution in [0.2, 0.25) is 0 Å². The van der Waals surface area contributed by atoms with Crippen LogP contribution in [0.15, 0.2) is 48.5 Å². The minimum Gasteiger partial charge on any atom is -0.427 e. The van der Waals surface area contributed by atoms with Crippen LogP contribution in [0.25, 0.3) is 11.1 Å². The Morgan fingerprint density at radius 2 is 1.30 bits per heavy atom. The van der Waals surface area contributed by atoms with Crippen molar-refractivity contribution in [2.75, 3.05) is 0 Å². The number of hydrogen-bond acceptors (Lipinski definition) is 4. The smallest absolute Gasteiger partial charge is 0.311 e. The maximum atomic E-state index is 11.9. The molecule has 0 spiro atoms. The molecule has 0 aliphatic heterocycles. The summed E-state index contributed by atoms with van der Waals surface area (Å²) in [5.74, 6) is 1.02. The van der Waals surface area contributed by atoms with Crippen LogP contribution < -0.4 is 9.47 Å². The largest absolute Gasteiger partial charge is 0.427 e. The first-order valence-corrected chi connectivity index (χ1v) is 9.63. The van der Waals surface area contributed by atoms with Crippen LogP contribution in [0.5, 0.6) is 11.5 Å². The third-order valence-electron chi connectivity index (χ3n) is 4.45. The van der Waals surface area contributed by atoms with Crippen molar-refractivity contribution >= 4 is 11.9 Å². The number of benzene rings is 2. The van der Waals surface area contributed by atoms with Crippen molar-refractivity contribution in [2.24, 2.45) is 5.92 Å². The molecule has 0 fully saturated rings. The zero-order valence-electron chi connectivity index (χ0n) is 16.4. The Morgan fingerprint density at radius 3 is 1.74 bits per heavy atom. The molecule has 0 amide bonds. The monoisotopic (exact) mass is 368 g/mol. The van der Waals surface area contributed by atoms with Gasteiger partial charge in [-0.15, -0.1) is 0 Å². The Morgan fingerprint density at radius 1 is 0.815 bits per heavy atom. The van der Waals surface area contributed by atoms with Gasteiger partial charge in [0.25, 0.3) is 0 Å². The molecule has 2 aromatic rings. The number of unbranched alkanes of at least 4 members (excludes halogenated alkanes) is 1. The highest BCUT2D eigenvalue weighted by molar-refractivity contribution is 5.74. The van der Waals surface area contributed by atoms with Crippen molar-refractivity contribution in [3.8, 4) is 22.6 Å². The minimum atomic E-state index is -0.202. The third-order valence-corrected chi connectivity index (χ3v) is 4.45. The number of carbonyl (C=O) groups is 2. The van der Waals surface area contributed by atoms with Crippen LogP contribution in [0.1, 0.15) is 52.9 Å². The molecule has 0 aromatic heterocycles. The molecule has 4 heteroatoms. The molecule has 1 atom stereocenters. The van der Waals surface area contributed by atoms with E-state index < -0.39 is 0 Å². The van der Waals surface area contributed by atoms with Crippen LogP contribution in [-0.4, -0.2) is 11.9 Å². The first-order valence-electron chi connectivity index (χ1n) is 9.63. The fraction of sp³-hybridized carbons (Fsp3) is 0.391. The molecule has 0 bridgehead atoms. The molecule has 0 heterocycles. The molecule has 1 unspecified atom stereocenters. The summed E-state index contributed by atoms with van der Waals surface area (Å²) in [6.07, 6.45) is 3.63. The average Bonchev–Trinajstić information content (AvgIpc) is 2.67. The van der Waals surface area contributed by atoms with Crippen molar-refractivity contribution in [1.29, 1.82) is 0 Å². The first-order chi connectivity index (χ1) is 13.0. The Labute approximate surface area is 161 Å². The molecule has 4 nitrogen and oxygen atoms in total. The van der Waals surface area contributed by atoms with Crippen LogP contribution in [0.4, 0.5) is 0 Å². The van der Waals surface area contributed by atoms with Gasteiger partial charge in [-0.1, -0.05) is 57.9 Å². The number of carbonyl (C=O) groups excluding carboxylic acids is 2. The SMILES string of the molecule is CCCCC(=O)Oc1ccc(-c2ccc(OC(=O)CC(C)CC)cc2)cc1. The summed E-state index contributed by atoms with van der Waals surface area (Å²) >= 11 is 0. The molecule has 0 N–H and O–H groups in total. The number of esters is 2. The van der Waals surface area contributed by atoms with Gasteiger partial charge in [-0.3, -0.25) is 9.59 Å². The van der Waals surface area contributed by atoms with Crippen molar-refractivity contribution in [1.82, 2.24) is 0 Å². The summed E-state index contributed by atoms with van der Waals surface area (Å²) in [6, 6.07) is 14.8. The van der Waals surface area contributed by atoms with Gasteiger partial charge < -0.3 is 9.47 Å². The van der Waals surface area contributed by atoms with E-state index in [0.717, 1.165) is 30.4 Å². The fourth-order valence-corrected chi connectivity index (χ4v) is 2.54. The first kappa shape index (κ1) is 20.7. The van der Waals surface area contributed by atoms with E-state index in [4.69, 9.17) is 9.47 Å². The predicted molar refractivity (Wildman–Crippen MR) is 107 cm³/mol. The zero-order chi connectivity index (χ0) is 19.6. The maximum absolute atomic E-state index is 11.9. The molecule has 27 heavy (non-hydrogen) atoms. The standard InChI is InChI=1S/C23H28O4/c1-4-6-7-22(24)26-20-12-8-18(9-13-20)19-10-14-21(15-11-19)27-23(25)16-17(3)5-2/h8-15,17H,4-7,16H2,1-3H3. The van der Waals surface area contributed by atoms with E-state index in [-0.39, 0.29) is 11.9 Å². The molecule has 0 saturated heterocycles. The fourth-order valence-electron chi connectivity index (χ4n) is 2.54. The Kier molecular flexibility index (Phi) is 8.05. The minimum absolute atomic E-state index is 0.201. The molecule has 0 aliphatic carbocycles. The summed E-state index contributed by atoms with van der Waals surface area (Å²) in [4.78, 5) is 23.5. The van der Waals surface area contributed by atoms with Crippen molar-refractivity contribution < 1.29 is 19.1 Å². The quantitative estimate of drug-likeness (QED) is 0.415. The Bertz CT molecular complexity index is 732. The van der Waals surface area contributed by atoms with Gasteiger partial charge in [0, 0.05) is 12.8 Å². The second-order valence-corrected chi connectivity index (χ2v) is 6.82. The van der Waals surface area contributed by atoms with E-state index in [1.807, 2.05) is 38.1 Å². The van der Waals surface area contributed by atoms with Gasteiger partial charge in [0.05, 0.1) is 0 Å². The van der Waals surface area contributed by atoms with Crippen LogP contribution in [-0.2, 0) is 9.59 Å². The van der Waals surface area contributed by atoms with Crippen molar-refractivity contribution in [2.45, 2.75) is 52.9 Å². The zero-order valence-corrected chi connectivity index (χ0v) is 16.4. The highest BCUT2D eigenvalue weighted by atomic mass is 16.5. The summed E-state index contributed by atoms with van der Waals surface area (Å²) in [6.45, 7) is 6.14. The lowest BCUT2D eigenvalue weighted by molar-refractivity contribution is -0.135. The van der Waals surface area contributed by atoms with E-state index in [1.165, 1.54) is 0 Å². The Hall–Kier alpha value is -2.62. The molecule has 2 aromatic carbocycles. The molecular formula is C23H28O4. The maximum Gasteiger partial charge on any atom is 0.311 e. The number of rotatable bonds is 9. The number of ether oxygens (including phenoxy) is 2. The van der Waals surface area contributed by atoms with Gasteiger partial charge >= 0.3 is 11.9 Å². The lowest BCUT2D eigenvalue weighted by Gasteiger charge is -2.09. The lowest BCUT2D eigenvalue weighted by Crippen LogP contribution is -2.11. The van der Waals surface area contributed by atoms with Crippen molar-refractivity contribution in [3.05, 3.63) is 48.5 Å². The highest BCUT2D eigenvalue weighted by Gasteiger charge is 2.10. The average molecular weight is 368 g/mol. The van der Waals surface area contributed by atoms with Gasteiger partial charge in [0.15, 0.2) is 0 Å². The van der Waals surface area contributed by atoms with E-state index in [2.05, 4.69) is 6.92 Å². The molecule has 0 radical (unpaired) electrons. The third kappa shape index (κ3) is 6.89. The second kappa shape index (κ2) is 10.5. The van der Waals surface area contributed by atoms with E-state index >= 15 is 0 Å². The van der Waals surface area contributed by atoms with Crippen LogP contribution in [0, 0.1) is 5.92 Å². The van der Waals surface area contributed by atoms with E-state index in [9.17, 15) is 9.59 Å². The van der Waals surface area contributed by atoms with Gasteiger partial charge in [-0.25, -0.2) is 0 Å². The predicted octanol–water partition coefficient (Wildman–Crippen LogP) is 5.79. The molecule has 2 rings (SSSR count). The van der Waals surface area contributed by atoms with E-state index in [0.29, 0.717) is 30.3 Å². The summed E-state index contributed by atoms with van der Waals surface area (Å²) in [5, 5.41) is 0. The van der Waals surface area contributed by atoms with Gasteiger partial charge in [0.1, 0.15) is 11.5 Å². The highest BCUT2D eigenvalue weighted by Crippen LogP contribution is 2.25. The summed E-state index contributed by atoms with van der Waals surface area (Å²) < 4.78 is 10.7. The summed E-state index contributed by atoms with van der Waals surface area (Å²) in [7, 11) is 0. The second-order valence-electron chi connectivity index (χ2n) is 6.82. The van der Waals surface area contributed by atoms with Gasteiger partial charge in [-0.2, -0.15) is 0 Å². The topological polar surface area (TPSA) is 52.6 Å². The van der Waals surface area contributed by atoms with Gasteiger partial charge in [-0.05, 0) is 47.7 Å². The Balaban J connectivity index is 1.94. The molecule has 0 saturated carbocycles. The normalized spacial score (nSPS) is 11.7. The molecular weight excluding hydrogens is 340 g/mol. The summed E-state index contributed by atoms with van der Waals surface area (Å²) in [5.41, 5.74) is 2.00. The van der Waals surface area contributed by atoms with Crippen molar-refractivity contribution in [3.63, 3.8) is 0 Å². The molecule has 144 valence electrons. The number of hydrogen-bond donors (Lipinski definition) is 0. The van der Waals surface area contributed by atoms with Crippen LogP contribution in [0.3, 0.4) is 0 Å².